The standard InChI is InChI=1S/C15H16F3NO/c1-11-7-8-13(20-11)10-19-14(9-15(16,17)18)12-5-3-2-4-6-12/h2-8,14,19H,9-10H2,1H3. The highest BCUT2D eigenvalue weighted by Gasteiger charge is 2.32. The van der Waals surface area contributed by atoms with Gasteiger partial charge in [0.05, 0.1) is 13.0 Å². The van der Waals surface area contributed by atoms with Gasteiger partial charge in [-0.25, -0.2) is 0 Å². The molecule has 0 saturated heterocycles. The van der Waals surface area contributed by atoms with Gasteiger partial charge in [-0.3, -0.25) is 0 Å². The van der Waals surface area contributed by atoms with Crippen LogP contribution < -0.4 is 5.32 Å². The summed E-state index contributed by atoms with van der Waals surface area (Å²) < 4.78 is 43.3. The molecule has 2 rings (SSSR count). The zero-order valence-electron chi connectivity index (χ0n) is 11.1. The van der Waals surface area contributed by atoms with Crippen LogP contribution in [0.25, 0.3) is 0 Å². The lowest BCUT2D eigenvalue weighted by atomic mass is 10.0. The molecule has 1 unspecified atom stereocenters. The number of alkyl halides is 3. The smallest absolute Gasteiger partial charge is 0.390 e. The fourth-order valence-electron chi connectivity index (χ4n) is 2.03. The molecule has 0 radical (unpaired) electrons. The van der Waals surface area contributed by atoms with E-state index in [1.807, 2.05) is 0 Å². The second-order valence-electron chi connectivity index (χ2n) is 4.68. The molecule has 108 valence electrons. The van der Waals surface area contributed by atoms with E-state index >= 15 is 0 Å². The first-order valence-electron chi connectivity index (χ1n) is 6.34. The van der Waals surface area contributed by atoms with Crippen molar-refractivity contribution in [3.8, 4) is 0 Å². The van der Waals surface area contributed by atoms with Gasteiger partial charge in [-0.05, 0) is 24.6 Å². The quantitative estimate of drug-likeness (QED) is 0.881. The number of halogens is 3. The van der Waals surface area contributed by atoms with Gasteiger partial charge in [-0.2, -0.15) is 13.2 Å². The Bertz CT molecular complexity index is 534. The van der Waals surface area contributed by atoms with Gasteiger partial charge in [0.15, 0.2) is 0 Å². The third-order valence-corrected chi connectivity index (χ3v) is 2.96. The monoisotopic (exact) mass is 283 g/mol. The van der Waals surface area contributed by atoms with Gasteiger partial charge < -0.3 is 9.73 Å². The van der Waals surface area contributed by atoms with Crippen molar-refractivity contribution in [3.05, 3.63) is 59.5 Å². The fourth-order valence-corrected chi connectivity index (χ4v) is 2.03. The van der Waals surface area contributed by atoms with Crippen molar-refractivity contribution >= 4 is 0 Å². The third kappa shape index (κ3) is 4.42. The second-order valence-corrected chi connectivity index (χ2v) is 4.68. The molecule has 0 aliphatic carbocycles. The van der Waals surface area contributed by atoms with Crippen LogP contribution >= 0.6 is 0 Å². The van der Waals surface area contributed by atoms with E-state index in [0.29, 0.717) is 11.3 Å². The van der Waals surface area contributed by atoms with Gasteiger partial charge in [-0.15, -0.1) is 0 Å². The van der Waals surface area contributed by atoms with E-state index in [9.17, 15) is 13.2 Å². The van der Waals surface area contributed by atoms with Crippen LogP contribution in [0.15, 0.2) is 46.9 Å². The molecule has 0 spiro atoms. The number of rotatable bonds is 5. The maximum Gasteiger partial charge on any atom is 0.390 e. The summed E-state index contributed by atoms with van der Waals surface area (Å²) in [5, 5.41) is 2.91. The summed E-state index contributed by atoms with van der Waals surface area (Å²) in [6.07, 6.45) is -5.12. The van der Waals surface area contributed by atoms with Gasteiger partial charge in [0, 0.05) is 6.04 Å². The lowest BCUT2D eigenvalue weighted by Crippen LogP contribution is -2.26. The summed E-state index contributed by atoms with van der Waals surface area (Å²) in [5.74, 6) is 1.37. The molecule has 0 aliphatic heterocycles. The van der Waals surface area contributed by atoms with Crippen LogP contribution in [0, 0.1) is 6.92 Å². The number of hydrogen-bond acceptors (Lipinski definition) is 2. The van der Waals surface area contributed by atoms with Crippen LogP contribution in [0.3, 0.4) is 0 Å². The number of furan rings is 1. The maximum absolute atomic E-state index is 12.7. The summed E-state index contributed by atoms with van der Waals surface area (Å²) in [6, 6.07) is 11.4. The Morgan fingerprint density at radius 3 is 2.35 bits per heavy atom. The molecular weight excluding hydrogens is 267 g/mol. The molecule has 20 heavy (non-hydrogen) atoms. The Hall–Kier alpha value is -1.75. The van der Waals surface area contributed by atoms with Crippen LogP contribution in [0.2, 0.25) is 0 Å². The summed E-state index contributed by atoms with van der Waals surface area (Å²) in [7, 11) is 0. The molecular formula is C15H16F3NO. The molecule has 0 aliphatic rings. The molecule has 1 aromatic heterocycles. The summed E-state index contributed by atoms with van der Waals surface area (Å²) in [5.41, 5.74) is 0.619. The largest absolute Gasteiger partial charge is 0.465 e. The highest BCUT2D eigenvalue weighted by molar-refractivity contribution is 5.19. The Balaban J connectivity index is 2.07. The zero-order valence-corrected chi connectivity index (χ0v) is 11.1. The molecule has 0 bridgehead atoms. The van der Waals surface area contributed by atoms with Crippen LogP contribution in [0.5, 0.6) is 0 Å². The molecule has 0 fully saturated rings. The molecule has 0 amide bonds. The topological polar surface area (TPSA) is 25.2 Å². The highest BCUT2D eigenvalue weighted by atomic mass is 19.4. The van der Waals surface area contributed by atoms with Crippen LogP contribution in [0.1, 0.15) is 29.5 Å². The summed E-state index contributed by atoms with van der Waals surface area (Å²) >= 11 is 0. The Labute approximate surface area is 115 Å². The van der Waals surface area contributed by atoms with Crippen LogP contribution in [-0.2, 0) is 6.54 Å². The molecule has 5 heteroatoms. The van der Waals surface area contributed by atoms with Crippen LogP contribution in [-0.4, -0.2) is 6.18 Å². The predicted molar refractivity (Wildman–Crippen MR) is 70.1 cm³/mol. The van der Waals surface area contributed by atoms with Crippen molar-refractivity contribution in [1.82, 2.24) is 5.32 Å². The normalized spacial score (nSPS) is 13.4. The average Bonchev–Trinajstić information content (AvgIpc) is 2.80. The number of nitrogens with one attached hydrogen (secondary N) is 1. The second kappa shape index (κ2) is 6.13. The van der Waals surface area contributed by atoms with Gasteiger partial charge in [0.2, 0.25) is 0 Å². The molecule has 2 nitrogen and oxygen atoms in total. The molecule has 2 aromatic rings. The molecule has 1 aromatic carbocycles. The van der Waals surface area contributed by atoms with Gasteiger partial charge in [0.25, 0.3) is 0 Å². The van der Waals surface area contributed by atoms with Crippen molar-refractivity contribution < 1.29 is 17.6 Å². The lowest BCUT2D eigenvalue weighted by Gasteiger charge is -2.20. The molecule has 1 N–H and O–H groups in total. The first kappa shape index (κ1) is 14.7. The molecule has 1 atom stereocenters. The fraction of sp³-hybridized carbons (Fsp3) is 0.333. The van der Waals surface area contributed by atoms with E-state index in [-0.39, 0.29) is 6.54 Å². The minimum Gasteiger partial charge on any atom is -0.465 e. The minimum atomic E-state index is -4.22. The Morgan fingerprint density at radius 2 is 1.80 bits per heavy atom. The van der Waals surface area contributed by atoms with E-state index in [2.05, 4.69) is 5.32 Å². The van der Waals surface area contributed by atoms with E-state index in [4.69, 9.17) is 4.42 Å². The first-order valence-corrected chi connectivity index (χ1v) is 6.34. The number of benzene rings is 1. The average molecular weight is 283 g/mol. The molecule has 0 saturated carbocycles. The van der Waals surface area contributed by atoms with Crippen molar-refractivity contribution in [2.24, 2.45) is 0 Å². The predicted octanol–water partition coefficient (Wildman–Crippen LogP) is 4.37. The van der Waals surface area contributed by atoms with Crippen molar-refractivity contribution in [2.45, 2.75) is 32.1 Å². The van der Waals surface area contributed by atoms with E-state index in [1.54, 1.807) is 49.4 Å². The van der Waals surface area contributed by atoms with E-state index in [1.165, 1.54) is 0 Å². The van der Waals surface area contributed by atoms with Crippen molar-refractivity contribution in [1.29, 1.82) is 0 Å². The maximum atomic E-state index is 12.7. The minimum absolute atomic E-state index is 0.267. The summed E-state index contributed by atoms with van der Waals surface area (Å²) in [6.45, 7) is 2.07. The third-order valence-electron chi connectivity index (χ3n) is 2.96. The first-order chi connectivity index (χ1) is 9.44. The van der Waals surface area contributed by atoms with Gasteiger partial charge >= 0.3 is 6.18 Å². The zero-order chi connectivity index (χ0) is 14.6. The van der Waals surface area contributed by atoms with Gasteiger partial charge in [0.1, 0.15) is 11.5 Å². The Morgan fingerprint density at radius 1 is 1.10 bits per heavy atom. The van der Waals surface area contributed by atoms with E-state index < -0.39 is 18.6 Å². The Kier molecular flexibility index (Phi) is 4.49. The lowest BCUT2D eigenvalue weighted by molar-refractivity contribution is -0.140. The SMILES string of the molecule is Cc1ccc(CNC(CC(F)(F)F)c2ccccc2)o1. The van der Waals surface area contributed by atoms with Crippen molar-refractivity contribution in [3.63, 3.8) is 0 Å². The van der Waals surface area contributed by atoms with Gasteiger partial charge in [-0.1, -0.05) is 30.3 Å². The van der Waals surface area contributed by atoms with Crippen molar-refractivity contribution in [2.75, 3.05) is 0 Å². The van der Waals surface area contributed by atoms with E-state index in [0.717, 1.165) is 5.76 Å². The highest BCUT2D eigenvalue weighted by Crippen LogP contribution is 2.29. The number of aryl methyl sites for hydroxylation is 1. The summed E-state index contributed by atoms with van der Waals surface area (Å²) in [4.78, 5) is 0. The molecule has 1 heterocycles. The number of hydrogen-bond donors (Lipinski definition) is 1. The van der Waals surface area contributed by atoms with Crippen LogP contribution in [0.4, 0.5) is 13.2 Å².